The number of phenols is 2. The van der Waals surface area contributed by atoms with Crippen molar-refractivity contribution in [3.63, 3.8) is 0 Å². The second-order valence-corrected chi connectivity index (χ2v) is 12.5. The molecular formula is C33H34N2O15. The Balaban J connectivity index is 1.54. The van der Waals surface area contributed by atoms with Crippen LogP contribution < -0.4 is 5.32 Å². The number of Topliss-reactive ketones (excluding diaryl/α,β-unsaturated/α-hetero) is 3. The van der Waals surface area contributed by atoms with Crippen molar-refractivity contribution in [2.75, 3.05) is 21.3 Å². The van der Waals surface area contributed by atoms with Crippen molar-refractivity contribution in [2.24, 2.45) is 5.16 Å². The smallest absolute Gasteiger partial charge is 0.339 e. The molecule has 0 radical (unpaired) electrons. The Hall–Kier alpha value is -4.75. The third-order valence-electron chi connectivity index (χ3n) is 10.1. The second kappa shape index (κ2) is 11.9. The summed E-state index contributed by atoms with van der Waals surface area (Å²) in [6.07, 6.45) is -6.44. The molecule has 266 valence electrons. The number of carboxylic acid groups (broad SMARTS) is 1. The number of aliphatic hydroxyl groups excluding tert-OH is 2. The third kappa shape index (κ3) is 4.35. The standard InChI is InChI=1S/C33H34N2O15/c1-10-6-12-7-17(36)33(49-5)29(42)20-14(28(41)32(33,45)21(12)24(39)18(10)31(43)44)8-13-19(23(20)38)15(35-46)9-16(22(13)37)34-30-27(48-4)25(40)26(47-3)11(2)50-30/h6,8-9,11,17,25-27,30,34,36,38-40,45-46H,7H2,1-5H3,(H,43,44)/b35-15+. The Morgan fingerprint density at radius 3 is 2.24 bits per heavy atom. The lowest BCUT2D eigenvalue weighted by Crippen LogP contribution is -2.73. The lowest BCUT2D eigenvalue weighted by molar-refractivity contribution is -0.236. The van der Waals surface area contributed by atoms with Crippen molar-refractivity contribution >= 4 is 29.0 Å². The van der Waals surface area contributed by atoms with E-state index in [-0.39, 0.29) is 16.8 Å². The second-order valence-electron chi connectivity index (χ2n) is 12.5. The normalized spacial score (nSPS) is 32.5. The first kappa shape index (κ1) is 35.1. The molecule has 0 bridgehead atoms. The molecule has 1 aliphatic heterocycles. The number of methoxy groups -OCH3 is 3. The van der Waals surface area contributed by atoms with Crippen molar-refractivity contribution in [3.8, 4) is 11.5 Å². The molecule has 1 saturated heterocycles. The summed E-state index contributed by atoms with van der Waals surface area (Å²) in [4.78, 5) is 55.1. The van der Waals surface area contributed by atoms with Crippen LogP contribution in [0.25, 0.3) is 0 Å². The molecular weight excluding hydrogens is 664 g/mol. The zero-order valence-electron chi connectivity index (χ0n) is 27.2. The Kier molecular flexibility index (Phi) is 8.38. The molecule has 8 atom stereocenters. The predicted molar refractivity (Wildman–Crippen MR) is 166 cm³/mol. The van der Waals surface area contributed by atoms with Gasteiger partial charge in [0.15, 0.2) is 17.4 Å². The van der Waals surface area contributed by atoms with Gasteiger partial charge in [-0.05, 0) is 37.1 Å². The first-order valence-corrected chi connectivity index (χ1v) is 15.3. The lowest BCUT2D eigenvalue weighted by atomic mass is 9.56. The summed E-state index contributed by atoms with van der Waals surface area (Å²) in [5.74, 6) is -7.40. The number of carboxylic acids is 1. The number of fused-ring (bicyclic) bond motifs is 5. The van der Waals surface area contributed by atoms with E-state index >= 15 is 0 Å². The van der Waals surface area contributed by atoms with Crippen LogP contribution in [0.4, 0.5) is 0 Å². The Morgan fingerprint density at radius 1 is 1.00 bits per heavy atom. The van der Waals surface area contributed by atoms with Crippen LogP contribution >= 0.6 is 0 Å². The molecule has 8 N–H and O–H groups in total. The molecule has 4 aliphatic rings. The number of rotatable bonds is 6. The van der Waals surface area contributed by atoms with Crippen LogP contribution in [0.1, 0.15) is 70.6 Å². The summed E-state index contributed by atoms with van der Waals surface area (Å²) >= 11 is 0. The number of aromatic carboxylic acids is 1. The quantitative estimate of drug-likeness (QED) is 0.142. The zero-order chi connectivity index (χ0) is 36.8. The average molecular weight is 699 g/mol. The fraction of sp³-hybridized carbons (Fsp3) is 0.424. The summed E-state index contributed by atoms with van der Waals surface area (Å²) in [7, 11) is 3.55. The van der Waals surface area contributed by atoms with Gasteiger partial charge in [0.1, 0.15) is 41.1 Å². The van der Waals surface area contributed by atoms with Crippen molar-refractivity contribution < 1.29 is 74.0 Å². The first-order valence-electron chi connectivity index (χ1n) is 15.3. The van der Waals surface area contributed by atoms with Crippen LogP contribution in [0.15, 0.2) is 29.1 Å². The number of aromatic hydroxyl groups is 2. The number of aliphatic hydroxyl groups is 3. The number of carbonyl (C=O) groups is 4. The summed E-state index contributed by atoms with van der Waals surface area (Å²) in [5.41, 5.74) is -10.9. The number of allylic oxidation sites excluding steroid dienone is 2. The van der Waals surface area contributed by atoms with Crippen LogP contribution in [0.2, 0.25) is 0 Å². The minimum Gasteiger partial charge on any atom is -0.507 e. The number of phenolic OH excluding ortho intramolecular Hbond substituents is 1. The fourth-order valence-electron chi connectivity index (χ4n) is 7.85. The van der Waals surface area contributed by atoms with Crippen LogP contribution in [0, 0.1) is 6.92 Å². The van der Waals surface area contributed by atoms with Crippen LogP contribution in [0.3, 0.4) is 0 Å². The number of hydrogen-bond donors (Lipinski definition) is 8. The van der Waals surface area contributed by atoms with E-state index in [0.717, 1.165) is 19.3 Å². The van der Waals surface area contributed by atoms with Gasteiger partial charge in [-0.1, -0.05) is 11.2 Å². The number of oxime groups is 1. The number of ether oxygens (including phenoxy) is 4. The van der Waals surface area contributed by atoms with E-state index in [1.807, 2.05) is 0 Å². The summed E-state index contributed by atoms with van der Waals surface area (Å²) < 4.78 is 22.0. The maximum absolute atomic E-state index is 14.6. The summed E-state index contributed by atoms with van der Waals surface area (Å²) in [6.45, 7) is 2.96. The van der Waals surface area contributed by atoms with Crippen molar-refractivity contribution in [1.82, 2.24) is 5.32 Å². The van der Waals surface area contributed by atoms with Gasteiger partial charge in [0, 0.05) is 44.4 Å². The molecule has 1 heterocycles. The lowest BCUT2D eigenvalue weighted by Gasteiger charge is -2.52. The molecule has 0 saturated carbocycles. The van der Waals surface area contributed by atoms with E-state index in [9.17, 15) is 55.0 Å². The molecule has 1 fully saturated rings. The SMILES string of the molecule is COC1C(C)OC(NC2=C/C(=N\O)c3c(cc4c(c3O)C(=O)C3(OC)C(O)Cc5cc(C)c(C(=O)O)c(O)c5C3(O)C4=O)C2=O)C(OC)C1O. The maximum Gasteiger partial charge on any atom is 0.339 e. The largest absolute Gasteiger partial charge is 0.507 e. The molecule has 17 nitrogen and oxygen atoms in total. The van der Waals surface area contributed by atoms with Gasteiger partial charge in [-0.3, -0.25) is 14.4 Å². The van der Waals surface area contributed by atoms with Gasteiger partial charge in [-0.15, -0.1) is 0 Å². The number of hydrogen-bond acceptors (Lipinski definition) is 16. The number of ketones is 3. The minimum atomic E-state index is -3.28. The molecule has 2 aromatic carbocycles. The van der Waals surface area contributed by atoms with Crippen molar-refractivity contribution in [2.45, 2.75) is 68.2 Å². The predicted octanol–water partition coefficient (Wildman–Crippen LogP) is -0.343. The maximum atomic E-state index is 14.6. The molecule has 17 heteroatoms. The molecule has 8 unspecified atom stereocenters. The highest BCUT2D eigenvalue weighted by atomic mass is 16.6. The molecule has 50 heavy (non-hydrogen) atoms. The monoisotopic (exact) mass is 698 g/mol. The van der Waals surface area contributed by atoms with E-state index < -0.39 is 128 Å². The van der Waals surface area contributed by atoms with E-state index in [1.54, 1.807) is 6.92 Å². The number of nitrogens with one attached hydrogen (secondary N) is 1. The average Bonchev–Trinajstić information content (AvgIpc) is 3.04. The van der Waals surface area contributed by atoms with Gasteiger partial charge in [0.2, 0.25) is 17.3 Å². The summed E-state index contributed by atoms with van der Waals surface area (Å²) in [5, 5.41) is 83.2. The highest BCUT2D eigenvalue weighted by Gasteiger charge is 2.72. The van der Waals surface area contributed by atoms with E-state index in [1.165, 1.54) is 27.2 Å². The third-order valence-corrected chi connectivity index (χ3v) is 10.1. The molecule has 0 amide bonds. The van der Waals surface area contributed by atoms with Gasteiger partial charge >= 0.3 is 5.97 Å². The highest BCUT2D eigenvalue weighted by Crippen LogP contribution is 2.56. The van der Waals surface area contributed by atoms with Gasteiger partial charge in [0.25, 0.3) is 0 Å². The van der Waals surface area contributed by atoms with E-state index in [2.05, 4.69) is 10.5 Å². The van der Waals surface area contributed by atoms with Gasteiger partial charge in [-0.25, -0.2) is 4.79 Å². The number of aryl methyl sites for hydroxylation is 1. The summed E-state index contributed by atoms with van der Waals surface area (Å²) in [6, 6.07) is 2.10. The zero-order valence-corrected chi connectivity index (χ0v) is 27.2. The molecule has 3 aliphatic carbocycles. The topological polar surface area (TPSA) is 271 Å². The van der Waals surface area contributed by atoms with Crippen LogP contribution in [0.5, 0.6) is 11.5 Å². The van der Waals surface area contributed by atoms with Crippen molar-refractivity contribution in [1.29, 1.82) is 0 Å². The van der Waals surface area contributed by atoms with E-state index in [4.69, 9.17) is 18.9 Å². The van der Waals surface area contributed by atoms with Crippen molar-refractivity contribution in [3.05, 3.63) is 68.4 Å². The Labute approximate surface area is 282 Å². The molecule has 0 spiro atoms. The number of nitrogens with zero attached hydrogens (tertiary/aromatic N) is 1. The fourth-order valence-corrected chi connectivity index (χ4v) is 7.85. The number of benzene rings is 2. The molecule has 2 aromatic rings. The molecule has 6 rings (SSSR count). The highest BCUT2D eigenvalue weighted by molar-refractivity contribution is 6.31. The van der Waals surface area contributed by atoms with E-state index in [0.29, 0.717) is 0 Å². The Morgan fingerprint density at radius 2 is 1.66 bits per heavy atom. The first-order chi connectivity index (χ1) is 23.6. The van der Waals surface area contributed by atoms with Gasteiger partial charge in [-0.2, -0.15) is 0 Å². The van der Waals surface area contributed by atoms with Crippen LogP contribution in [-0.4, -0.2) is 129 Å². The van der Waals surface area contributed by atoms with Gasteiger partial charge < -0.3 is 60.1 Å². The number of carbonyl (C=O) groups excluding carboxylic acids is 3. The van der Waals surface area contributed by atoms with Gasteiger partial charge in [0.05, 0.1) is 29.0 Å². The molecule has 0 aromatic heterocycles. The minimum absolute atomic E-state index is 0.0294. The van der Waals surface area contributed by atoms with Crippen LogP contribution in [-0.2, 0) is 31.0 Å². The Bertz CT molecular complexity index is 1940.